The average Bonchev–Trinajstić information content (AvgIpc) is 2.38. The molecule has 0 saturated heterocycles. The van der Waals surface area contributed by atoms with E-state index in [1.54, 1.807) is 5.56 Å². The van der Waals surface area contributed by atoms with Gasteiger partial charge in [0.2, 0.25) is 0 Å². The van der Waals surface area contributed by atoms with E-state index in [2.05, 4.69) is 24.3 Å². The lowest BCUT2D eigenvalue weighted by atomic mass is 9.47. The molecule has 1 aromatic carbocycles. The molecule has 4 aliphatic rings. The van der Waals surface area contributed by atoms with E-state index in [-0.39, 0.29) is 6.61 Å². The molecule has 5 rings (SSSR count). The molecule has 4 bridgehead atoms. The molecule has 0 aromatic heterocycles. The van der Waals surface area contributed by atoms with E-state index in [9.17, 15) is 5.11 Å². The first kappa shape index (κ1) is 12.0. The van der Waals surface area contributed by atoms with Gasteiger partial charge in [-0.2, -0.15) is 0 Å². The van der Waals surface area contributed by atoms with Crippen LogP contribution in [0.1, 0.15) is 49.7 Å². The van der Waals surface area contributed by atoms with Crippen molar-refractivity contribution in [1.29, 1.82) is 0 Å². The Labute approximate surface area is 116 Å². The summed E-state index contributed by atoms with van der Waals surface area (Å²) >= 11 is 0. The molecule has 0 heterocycles. The standard InChI is InChI=1S/C18H23O/c19-6-5-16-3-1-2-4-17(16)18-10-13-7-14(11-18)9-15(8-13)12-18/h1-4,13-15H,5-12H2. The summed E-state index contributed by atoms with van der Waals surface area (Å²) in [6.45, 7) is 0.0311. The maximum Gasteiger partial charge on any atom is 0.0862 e. The fourth-order valence-electron chi connectivity index (χ4n) is 5.81. The summed E-state index contributed by atoms with van der Waals surface area (Å²) in [5.41, 5.74) is 3.34. The van der Waals surface area contributed by atoms with Gasteiger partial charge in [0.25, 0.3) is 0 Å². The minimum atomic E-state index is 0.0311. The van der Waals surface area contributed by atoms with Crippen LogP contribution < -0.4 is 0 Å². The number of benzene rings is 1. The summed E-state index contributed by atoms with van der Waals surface area (Å²) < 4.78 is 0. The van der Waals surface area contributed by atoms with Crippen molar-refractivity contribution in [1.82, 2.24) is 0 Å². The minimum absolute atomic E-state index is 0.0311. The monoisotopic (exact) mass is 255 g/mol. The van der Waals surface area contributed by atoms with Gasteiger partial charge in [0, 0.05) is 0 Å². The normalized spacial score (nSPS) is 39.7. The van der Waals surface area contributed by atoms with E-state index in [1.807, 2.05) is 0 Å². The summed E-state index contributed by atoms with van der Waals surface area (Å²) in [6.07, 6.45) is 9.38. The minimum Gasteiger partial charge on any atom is -0.236 e. The van der Waals surface area contributed by atoms with Crippen LogP contribution in [0.5, 0.6) is 0 Å². The van der Waals surface area contributed by atoms with Crippen molar-refractivity contribution in [3.05, 3.63) is 35.4 Å². The molecule has 0 unspecified atom stereocenters. The highest BCUT2D eigenvalue weighted by Crippen LogP contribution is 2.61. The largest absolute Gasteiger partial charge is 0.236 e. The van der Waals surface area contributed by atoms with Gasteiger partial charge in [0.05, 0.1) is 6.61 Å². The highest BCUT2D eigenvalue weighted by molar-refractivity contribution is 5.37. The Kier molecular flexibility index (Phi) is 2.73. The van der Waals surface area contributed by atoms with Crippen molar-refractivity contribution in [2.45, 2.75) is 50.4 Å². The zero-order chi connectivity index (χ0) is 12.9. The molecule has 0 spiro atoms. The number of rotatable bonds is 3. The van der Waals surface area contributed by atoms with Gasteiger partial charge in [0.1, 0.15) is 0 Å². The topological polar surface area (TPSA) is 19.9 Å². The lowest BCUT2D eigenvalue weighted by molar-refractivity contribution is -0.00568. The van der Waals surface area contributed by atoms with Gasteiger partial charge in [-0.25, -0.2) is 5.11 Å². The summed E-state index contributed by atoms with van der Waals surface area (Å²) in [5, 5.41) is 11.1. The van der Waals surface area contributed by atoms with Crippen LogP contribution in [-0.2, 0) is 16.9 Å². The molecule has 4 aliphatic carbocycles. The van der Waals surface area contributed by atoms with Gasteiger partial charge in [-0.1, -0.05) is 24.3 Å². The highest BCUT2D eigenvalue weighted by Gasteiger charge is 2.51. The summed E-state index contributed by atoms with van der Waals surface area (Å²) in [4.78, 5) is 0. The van der Waals surface area contributed by atoms with Crippen molar-refractivity contribution < 1.29 is 5.11 Å². The Bertz CT molecular complexity index is 441. The Morgan fingerprint density at radius 2 is 1.53 bits per heavy atom. The van der Waals surface area contributed by atoms with E-state index in [1.165, 1.54) is 44.1 Å². The molecule has 19 heavy (non-hydrogen) atoms. The first-order valence-electron chi connectivity index (χ1n) is 7.95. The zero-order valence-electron chi connectivity index (χ0n) is 11.6. The molecule has 1 heteroatoms. The van der Waals surface area contributed by atoms with Gasteiger partial charge in [-0.15, -0.1) is 0 Å². The van der Waals surface area contributed by atoms with Crippen LogP contribution in [0, 0.1) is 17.8 Å². The van der Waals surface area contributed by atoms with Crippen LogP contribution in [0.4, 0.5) is 0 Å². The third-order valence-electron chi connectivity index (χ3n) is 6.00. The molecule has 1 radical (unpaired) electrons. The van der Waals surface area contributed by atoms with Gasteiger partial charge in [-0.05, 0) is 79.2 Å². The van der Waals surface area contributed by atoms with E-state index in [0.29, 0.717) is 5.41 Å². The van der Waals surface area contributed by atoms with E-state index in [0.717, 1.165) is 24.2 Å². The van der Waals surface area contributed by atoms with Crippen LogP contribution >= 0.6 is 0 Å². The first-order valence-corrected chi connectivity index (χ1v) is 7.95. The van der Waals surface area contributed by atoms with Crippen LogP contribution in [0.15, 0.2) is 24.3 Å². The average molecular weight is 255 g/mol. The SMILES string of the molecule is [O]CCc1ccccc1C12CC3CC(CC(C3)C1)C2. The predicted molar refractivity (Wildman–Crippen MR) is 75.5 cm³/mol. The van der Waals surface area contributed by atoms with Gasteiger partial charge >= 0.3 is 0 Å². The van der Waals surface area contributed by atoms with Crippen LogP contribution in [0.3, 0.4) is 0 Å². The molecule has 1 aromatic rings. The van der Waals surface area contributed by atoms with Gasteiger partial charge in [-0.3, -0.25) is 0 Å². The molecule has 101 valence electrons. The van der Waals surface area contributed by atoms with E-state index >= 15 is 0 Å². The lowest BCUT2D eigenvalue weighted by Gasteiger charge is -2.57. The number of hydrogen-bond donors (Lipinski definition) is 0. The Morgan fingerprint density at radius 3 is 2.11 bits per heavy atom. The molecule has 4 fully saturated rings. The molecule has 0 aliphatic heterocycles. The van der Waals surface area contributed by atoms with Crippen molar-refractivity contribution in [2.24, 2.45) is 17.8 Å². The van der Waals surface area contributed by atoms with Crippen LogP contribution in [0.2, 0.25) is 0 Å². The number of hydrogen-bond acceptors (Lipinski definition) is 0. The fraction of sp³-hybridized carbons (Fsp3) is 0.667. The van der Waals surface area contributed by atoms with Crippen molar-refractivity contribution in [3.8, 4) is 0 Å². The van der Waals surface area contributed by atoms with Crippen molar-refractivity contribution >= 4 is 0 Å². The predicted octanol–water partition coefficient (Wildman–Crippen LogP) is 4.13. The van der Waals surface area contributed by atoms with E-state index in [4.69, 9.17) is 0 Å². The summed E-state index contributed by atoms with van der Waals surface area (Å²) in [5.74, 6) is 2.93. The molecular weight excluding hydrogens is 232 g/mol. The Morgan fingerprint density at radius 1 is 0.947 bits per heavy atom. The second kappa shape index (κ2) is 4.34. The van der Waals surface area contributed by atoms with Crippen molar-refractivity contribution in [2.75, 3.05) is 6.61 Å². The second-order valence-corrected chi connectivity index (χ2v) is 7.31. The molecular formula is C18H23O. The van der Waals surface area contributed by atoms with Crippen molar-refractivity contribution in [3.63, 3.8) is 0 Å². The Hall–Kier alpha value is -0.820. The third kappa shape index (κ3) is 1.86. The summed E-state index contributed by atoms with van der Waals surface area (Å²) in [7, 11) is 0. The maximum atomic E-state index is 11.1. The molecule has 0 N–H and O–H groups in total. The molecule has 0 amide bonds. The molecule has 4 saturated carbocycles. The van der Waals surface area contributed by atoms with Crippen LogP contribution in [0.25, 0.3) is 0 Å². The van der Waals surface area contributed by atoms with Crippen LogP contribution in [-0.4, -0.2) is 6.61 Å². The third-order valence-corrected chi connectivity index (χ3v) is 6.00. The first-order chi connectivity index (χ1) is 9.29. The molecule has 0 atom stereocenters. The molecule has 1 nitrogen and oxygen atoms in total. The smallest absolute Gasteiger partial charge is 0.0862 e. The van der Waals surface area contributed by atoms with E-state index < -0.39 is 0 Å². The quantitative estimate of drug-likeness (QED) is 0.774. The lowest BCUT2D eigenvalue weighted by Crippen LogP contribution is -2.48. The highest BCUT2D eigenvalue weighted by atomic mass is 16.2. The fourth-order valence-corrected chi connectivity index (χ4v) is 5.81. The Balaban J connectivity index is 1.75. The maximum absolute atomic E-state index is 11.1. The zero-order valence-corrected chi connectivity index (χ0v) is 11.6. The summed E-state index contributed by atoms with van der Waals surface area (Å²) in [6, 6.07) is 8.82. The van der Waals surface area contributed by atoms with Gasteiger partial charge < -0.3 is 0 Å². The van der Waals surface area contributed by atoms with Gasteiger partial charge in [0.15, 0.2) is 0 Å². The second-order valence-electron chi connectivity index (χ2n) is 7.31.